The van der Waals surface area contributed by atoms with Crippen LogP contribution < -0.4 is 11.1 Å². The summed E-state index contributed by atoms with van der Waals surface area (Å²) in [7, 11) is 0. The zero-order valence-corrected chi connectivity index (χ0v) is 17.9. The quantitative estimate of drug-likeness (QED) is 0.534. The van der Waals surface area contributed by atoms with Crippen molar-refractivity contribution in [3.63, 3.8) is 0 Å². The van der Waals surface area contributed by atoms with Crippen LogP contribution in [0, 0.1) is 5.92 Å². The maximum Gasteiger partial charge on any atom is 0.314 e. The highest BCUT2D eigenvalue weighted by atomic mass is 16.2. The largest absolute Gasteiger partial charge is 0.383 e. The Morgan fingerprint density at radius 3 is 2.62 bits per heavy atom. The molecule has 32 heavy (non-hydrogen) atoms. The summed E-state index contributed by atoms with van der Waals surface area (Å²) < 4.78 is 0. The van der Waals surface area contributed by atoms with Gasteiger partial charge in [0.25, 0.3) is 0 Å². The molecule has 166 valence electrons. The van der Waals surface area contributed by atoms with Gasteiger partial charge in [0, 0.05) is 25.6 Å². The number of piperazine rings is 1. The number of nitrogen functional groups attached to an aromatic ring is 1. The molecule has 10 heteroatoms. The van der Waals surface area contributed by atoms with Gasteiger partial charge in [0.05, 0.1) is 35.0 Å². The highest BCUT2D eigenvalue weighted by Crippen LogP contribution is 2.28. The van der Waals surface area contributed by atoms with Crippen molar-refractivity contribution in [3.05, 3.63) is 48.3 Å². The molecule has 1 unspecified atom stereocenters. The fourth-order valence-corrected chi connectivity index (χ4v) is 3.91. The van der Waals surface area contributed by atoms with E-state index in [-0.39, 0.29) is 24.2 Å². The molecule has 10 nitrogen and oxygen atoms in total. The van der Waals surface area contributed by atoms with Crippen molar-refractivity contribution in [1.29, 1.82) is 0 Å². The van der Waals surface area contributed by atoms with E-state index in [2.05, 4.69) is 20.5 Å². The van der Waals surface area contributed by atoms with Crippen LogP contribution in [0.4, 0.5) is 11.5 Å². The molecular formula is C22H25N7O3. The van der Waals surface area contributed by atoms with Crippen LogP contribution >= 0.6 is 0 Å². The van der Waals surface area contributed by atoms with Crippen LogP contribution in [0.15, 0.2) is 42.7 Å². The van der Waals surface area contributed by atoms with Crippen LogP contribution in [0.3, 0.4) is 0 Å². The maximum absolute atomic E-state index is 13.2. The molecule has 1 fully saturated rings. The average molecular weight is 435 g/mol. The van der Waals surface area contributed by atoms with E-state index in [1.165, 1.54) is 17.3 Å². The molecule has 1 saturated heterocycles. The number of aromatic nitrogens is 3. The summed E-state index contributed by atoms with van der Waals surface area (Å²) in [5, 5.41) is 9.86. The van der Waals surface area contributed by atoms with E-state index in [1.807, 2.05) is 44.2 Å². The molecule has 0 saturated carbocycles. The highest BCUT2D eigenvalue weighted by Gasteiger charge is 2.36. The molecule has 3 amide bonds. The second-order valence-electron chi connectivity index (χ2n) is 8.03. The summed E-state index contributed by atoms with van der Waals surface area (Å²) in [6.07, 6.45) is 2.89. The topological polar surface area (TPSA) is 137 Å². The van der Waals surface area contributed by atoms with Gasteiger partial charge in [-0.3, -0.25) is 19.5 Å². The predicted molar refractivity (Wildman–Crippen MR) is 119 cm³/mol. The van der Waals surface area contributed by atoms with E-state index in [9.17, 15) is 14.4 Å². The molecule has 0 bridgehead atoms. The number of benzene rings is 1. The lowest BCUT2D eigenvalue weighted by Gasteiger charge is -2.42. The van der Waals surface area contributed by atoms with Crippen LogP contribution in [0.5, 0.6) is 0 Å². The lowest BCUT2D eigenvalue weighted by atomic mass is 10.0. The Labute approximate surface area is 184 Å². The van der Waals surface area contributed by atoms with Gasteiger partial charge in [0.15, 0.2) is 0 Å². The van der Waals surface area contributed by atoms with Crippen molar-refractivity contribution in [2.75, 3.05) is 30.7 Å². The van der Waals surface area contributed by atoms with Gasteiger partial charge in [-0.1, -0.05) is 44.2 Å². The summed E-state index contributed by atoms with van der Waals surface area (Å²) in [6, 6.07) is 8.98. The van der Waals surface area contributed by atoms with Crippen LogP contribution in [0.25, 0.3) is 10.9 Å². The number of H-pyrrole nitrogens is 1. The van der Waals surface area contributed by atoms with Crippen molar-refractivity contribution < 1.29 is 14.4 Å². The van der Waals surface area contributed by atoms with Crippen molar-refractivity contribution in [1.82, 2.24) is 25.0 Å². The summed E-state index contributed by atoms with van der Waals surface area (Å²) >= 11 is 0. The molecule has 1 aliphatic heterocycles. The minimum absolute atomic E-state index is 0.0251. The van der Waals surface area contributed by atoms with Gasteiger partial charge in [-0.15, -0.1) is 0 Å². The number of amides is 3. The van der Waals surface area contributed by atoms with Gasteiger partial charge in [0.2, 0.25) is 5.91 Å². The molecule has 0 radical (unpaired) electrons. The number of pyridine rings is 1. The minimum Gasteiger partial charge on any atom is -0.383 e. The van der Waals surface area contributed by atoms with E-state index >= 15 is 0 Å². The maximum atomic E-state index is 13.2. The van der Waals surface area contributed by atoms with Gasteiger partial charge in [0.1, 0.15) is 5.82 Å². The summed E-state index contributed by atoms with van der Waals surface area (Å²) in [4.78, 5) is 45.9. The SMILES string of the molecule is CC(C)C(=O)N1CCN(C(=O)C(=O)Nc2cnc(N)c3cn[nH]c23)C(c2ccccc2)C1. The molecule has 4 rings (SSSR count). The number of hydrogen-bond acceptors (Lipinski definition) is 6. The van der Waals surface area contributed by atoms with Crippen molar-refractivity contribution in [2.24, 2.45) is 5.92 Å². The summed E-state index contributed by atoms with van der Waals surface area (Å²) in [5.74, 6) is -1.32. The number of rotatable bonds is 3. The zero-order valence-electron chi connectivity index (χ0n) is 17.9. The number of nitrogens with two attached hydrogens (primary N) is 1. The first-order valence-electron chi connectivity index (χ1n) is 10.4. The van der Waals surface area contributed by atoms with E-state index in [4.69, 9.17) is 5.73 Å². The fourth-order valence-electron chi connectivity index (χ4n) is 3.91. The molecule has 2 aromatic heterocycles. The zero-order chi connectivity index (χ0) is 22.8. The van der Waals surface area contributed by atoms with E-state index in [0.29, 0.717) is 29.7 Å². The number of aromatic amines is 1. The van der Waals surface area contributed by atoms with E-state index in [1.54, 1.807) is 4.90 Å². The third-order valence-electron chi connectivity index (χ3n) is 5.59. The van der Waals surface area contributed by atoms with Gasteiger partial charge in [-0.2, -0.15) is 5.10 Å². The molecule has 3 aromatic rings. The van der Waals surface area contributed by atoms with Gasteiger partial charge in [-0.05, 0) is 5.56 Å². The van der Waals surface area contributed by atoms with Crippen LogP contribution in [0.1, 0.15) is 25.5 Å². The van der Waals surface area contributed by atoms with Crippen LogP contribution in [-0.4, -0.2) is 62.3 Å². The molecule has 1 aliphatic rings. The number of nitrogens with zero attached hydrogens (tertiary/aromatic N) is 4. The molecular weight excluding hydrogens is 410 g/mol. The van der Waals surface area contributed by atoms with Gasteiger partial charge < -0.3 is 20.9 Å². The highest BCUT2D eigenvalue weighted by molar-refractivity contribution is 6.40. The smallest absolute Gasteiger partial charge is 0.314 e. The van der Waals surface area contributed by atoms with Crippen molar-refractivity contribution >= 4 is 40.1 Å². The Balaban J connectivity index is 1.58. The number of fused-ring (bicyclic) bond motifs is 1. The van der Waals surface area contributed by atoms with Crippen molar-refractivity contribution in [3.8, 4) is 0 Å². The Morgan fingerprint density at radius 1 is 1.16 bits per heavy atom. The number of carbonyl (C=O) groups is 3. The van der Waals surface area contributed by atoms with Gasteiger partial charge >= 0.3 is 11.8 Å². The minimum atomic E-state index is -0.794. The number of anilines is 2. The van der Waals surface area contributed by atoms with E-state index in [0.717, 1.165) is 5.56 Å². The molecule has 1 atom stereocenters. The van der Waals surface area contributed by atoms with Gasteiger partial charge in [-0.25, -0.2) is 4.98 Å². The first-order valence-corrected chi connectivity index (χ1v) is 10.4. The average Bonchev–Trinajstić information content (AvgIpc) is 3.31. The Kier molecular flexibility index (Phi) is 5.76. The predicted octanol–water partition coefficient (Wildman–Crippen LogP) is 1.55. The van der Waals surface area contributed by atoms with Crippen molar-refractivity contribution in [2.45, 2.75) is 19.9 Å². The van der Waals surface area contributed by atoms with E-state index < -0.39 is 17.9 Å². The number of carbonyl (C=O) groups excluding carboxylic acids is 3. The Morgan fingerprint density at radius 2 is 1.91 bits per heavy atom. The molecule has 0 aliphatic carbocycles. The molecule has 1 aromatic carbocycles. The lowest BCUT2D eigenvalue weighted by Crippen LogP contribution is -2.55. The summed E-state index contributed by atoms with van der Waals surface area (Å²) in [5.41, 5.74) is 7.49. The molecule has 0 spiro atoms. The molecule has 4 N–H and O–H groups in total. The molecule has 3 heterocycles. The number of nitrogens with one attached hydrogen (secondary N) is 2. The normalized spacial score (nSPS) is 16.4. The Hall–Kier alpha value is -3.95. The van der Waals surface area contributed by atoms with Crippen LogP contribution in [0.2, 0.25) is 0 Å². The summed E-state index contributed by atoms with van der Waals surface area (Å²) in [6.45, 7) is 4.65. The van der Waals surface area contributed by atoms with Crippen LogP contribution in [-0.2, 0) is 14.4 Å². The first-order chi connectivity index (χ1) is 15.4. The first kappa shape index (κ1) is 21.3. The second kappa shape index (κ2) is 8.66. The lowest BCUT2D eigenvalue weighted by molar-refractivity contribution is -0.150. The Bertz CT molecular complexity index is 1160. The number of hydrogen-bond donors (Lipinski definition) is 3. The fraction of sp³-hybridized carbons (Fsp3) is 0.318. The monoisotopic (exact) mass is 435 g/mol. The standard InChI is InChI=1S/C22H25N7O3/c1-13(2)21(31)28-8-9-29(17(12-28)14-6-4-3-5-7-14)22(32)20(30)26-16-11-24-19(23)15-10-25-27-18(15)16/h3-7,10-11,13,17H,8-9,12H2,1-2H3,(H2,23,24)(H,25,27)(H,26,30). The third kappa shape index (κ3) is 3.98. The second-order valence-corrected chi connectivity index (χ2v) is 8.03. The third-order valence-corrected chi connectivity index (χ3v) is 5.59.